The summed E-state index contributed by atoms with van der Waals surface area (Å²) in [4.78, 5) is 11.5. The number of fused-ring (bicyclic) bond motifs is 1. The minimum atomic E-state index is -0.424. The fourth-order valence-corrected chi connectivity index (χ4v) is 2.05. The molecule has 0 unspecified atom stereocenters. The molecule has 0 N–H and O–H groups in total. The summed E-state index contributed by atoms with van der Waals surface area (Å²) in [5.74, 6) is -0.424. The molecule has 1 heterocycles. The Labute approximate surface area is 95.0 Å². The Hall–Kier alpha value is -1.36. The van der Waals surface area contributed by atoms with Crippen LogP contribution < -0.4 is 0 Å². The van der Waals surface area contributed by atoms with E-state index in [9.17, 15) is 4.79 Å². The monoisotopic (exact) mass is 268 g/mol. The molecule has 0 fully saturated rings. The van der Waals surface area contributed by atoms with Crippen molar-refractivity contribution in [3.63, 3.8) is 0 Å². The summed E-state index contributed by atoms with van der Waals surface area (Å²) in [5, 5.41) is 4.92. The maximum Gasteiger partial charge on any atom is 0.359 e. The lowest BCUT2D eigenvalue weighted by Crippen LogP contribution is -2.03. The summed E-state index contributed by atoms with van der Waals surface area (Å²) < 4.78 is 7.18. The largest absolute Gasteiger partial charge is 0.464 e. The minimum absolute atomic E-state index is 0.336. The van der Waals surface area contributed by atoms with Crippen molar-refractivity contribution in [3.05, 3.63) is 28.4 Å². The predicted octanol–water partition coefficient (Wildman–Crippen LogP) is 2.12. The van der Waals surface area contributed by atoms with Gasteiger partial charge in [0.1, 0.15) is 0 Å². The summed E-state index contributed by atoms with van der Waals surface area (Å²) in [5.41, 5.74) is 1.23. The third-order valence-corrected chi connectivity index (χ3v) is 2.87. The molecule has 15 heavy (non-hydrogen) atoms. The number of benzene rings is 1. The van der Waals surface area contributed by atoms with Crippen molar-refractivity contribution < 1.29 is 9.53 Å². The third-order valence-electron chi connectivity index (χ3n) is 2.21. The van der Waals surface area contributed by atoms with E-state index in [1.54, 1.807) is 11.7 Å². The van der Waals surface area contributed by atoms with Gasteiger partial charge in [0, 0.05) is 16.9 Å². The van der Waals surface area contributed by atoms with E-state index >= 15 is 0 Å². The first kappa shape index (κ1) is 10.2. The number of esters is 1. The SMILES string of the molecule is COC(=O)c1nn(C)c2cccc(Br)c12. The molecule has 0 aliphatic rings. The molecule has 4 nitrogen and oxygen atoms in total. The van der Waals surface area contributed by atoms with E-state index in [0.29, 0.717) is 5.69 Å². The van der Waals surface area contributed by atoms with Gasteiger partial charge >= 0.3 is 5.97 Å². The van der Waals surface area contributed by atoms with Crippen LogP contribution in [0.2, 0.25) is 0 Å². The molecule has 0 amide bonds. The van der Waals surface area contributed by atoms with Gasteiger partial charge in [-0.3, -0.25) is 4.68 Å². The Morgan fingerprint density at radius 2 is 2.27 bits per heavy atom. The molecule has 0 aliphatic carbocycles. The Morgan fingerprint density at radius 1 is 1.53 bits per heavy atom. The summed E-state index contributed by atoms with van der Waals surface area (Å²) in [7, 11) is 3.14. The van der Waals surface area contributed by atoms with E-state index in [0.717, 1.165) is 15.4 Å². The molecule has 1 aromatic heterocycles. The van der Waals surface area contributed by atoms with Gasteiger partial charge in [0.15, 0.2) is 5.69 Å². The van der Waals surface area contributed by atoms with E-state index in [4.69, 9.17) is 0 Å². The zero-order valence-corrected chi connectivity index (χ0v) is 9.91. The molecule has 0 radical (unpaired) electrons. The second-order valence-electron chi connectivity index (χ2n) is 3.10. The van der Waals surface area contributed by atoms with E-state index in [1.165, 1.54) is 7.11 Å². The lowest BCUT2D eigenvalue weighted by Gasteiger charge is -1.96. The van der Waals surface area contributed by atoms with E-state index < -0.39 is 5.97 Å². The lowest BCUT2D eigenvalue weighted by atomic mass is 10.2. The number of ether oxygens (including phenoxy) is 1. The molecule has 0 atom stereocenters. The van der Waals surface area contributed by atoms with Crippen LogP contribution in [-0.2, 0) is 11.8 Å². The number of methoxy groups -OCH3 is 1. The number of aryl methyl sites for hydroxylation is 1. The smallest absolute Gasteiger partial charge is 0.359 e. The number of aromatic nitrogens is 2. The normalized spacial score (nSPS) is 10.6. The van der Waals surface area contributed by atoms with Crippen molar-refractivity contribution >= 4 is 32.8 Å². The third kappa shape index (κ3) is 1.52. The van der Waals surface area contributed by atoms with Gasteiger partial charge in [0.05, 0.1) is 12.6 Å². The standard InChI is InChI=1S/C10H9BrN2O2/c1-13-7-5-3-4-6(11)8(7)9(12-13)10(14)15-2/h3-5H,1-2H3. The molecule has 0 saturated carbocycles. The number of rotatable bonds is 1. The van der Waals surface area contributed by atoms with Crippen LogP contribution in [0.4, 0.5) is 0 Å². The van der Waals surface area contributed by atoms with Crippen molar-refractivity contribution in [2.45, 2.75) is 0 Å². The number of hydrogen-bond donors (Lipinski definition) is 0. The fraction of sp³-hybridized carbons (Fsp3) is 0.200. The number of hydrogen-bond acceptors (Lipinski definition) is 3. The van der Waals surface area contributed by atoms with Crippen LogP contribution in [0.15, 0.2) is 22.7 Å². The minimum Gasteiger partial charge on any atom is -0.464 e. The highest BCUT2D eigenvalue weighted by Crippen LogP contribution is 2.26. The van der Waals surface area contributed by atoms with Crippen molar-refractivity contribution in [1.82, 2.24) is 9.78 Å². The Balaban J connectivity index is 2.81. The molecule has 2 rings (SSSR count). The lowest BCUT2D eigenvalue weighted by molar-refractivity contribution is 0.0595. The van der Waals surface area contributed by atoms with Crippen LogP contribution in [0.3, 0.4) is 0 Å². The Kier molecular flexibility index (Phi) is 2.48. The summed E-state index contributed by atoms with van der Waals surface area (Å²) in [6.07, 6.45) is 0. The number of carbonyl (C=O) groups excluding carboxylic acids is 1. The number of nitrogens with zero attached hydrogens (tertiary/aromatic N) is 2. The average Bonchev–Trinajstić information content (AvgIpc) is 2.57. The number of carbonyl (C=O) groups is 1. The van der Waals surface area contributed by atoms with E-state index in [-0.39, 0.29) is 0 Å². The van der Waals surface area contributed by atoms with Gasteiger partial charge in [0.2, 0.25) is 0 Å². The molecule has 2 aromatic rings. The van der Waals surface area contributed by atoms with Gasteiger partial charge in [0.25, 0.3) is 0 Å². The second kappa shape index (κ2) is 3.66. The molecule has 0 spiro atoms. The molecule has 0 aliphatic heterocycles. The molecular weight excluding hydrogens is 260 g/mol. The quantitative estimate of drug-likeness (QED) is 0.745. The van der Waals surface area contributed by atoms with Crippen LogP contribution in [0, 0.1) is 0 Å². The first-order chi connectivity index (χ1) is 7.15. The topological polar surface area (TPSA) is 44.1 Å². The van der Waals surface area contributed by atoms with Gasteiger partial charge in [-0.15, -0.1) is 0 Å². The molecule has 1 aromatic carbocycles. The molecule has 78 valence electrons. The molecular formula is C10H9BrN2O2. The van der Waals surface area contributed by atoms with Gasteiger partial charge in [-0.25, -0.2) is 4.79 Å². The molecule has 0 bridgehead atoms. The molecule has 5 heteroatoms. The zero-order chi connectivity index (χ0) is 11.0. The number of halogens is 1. The summed E-state index contributed by atoms with van der Waals surface area (Å²) in [6.45, 7) is 0. The maximum absolute atomic E-state index is 11.5. The van der Waals surface area contributed by atoms with Crippen LogP contribution in [-0.4, -0.2) is 22.9 Å². The van der Waals surface area contributed by atoms with Gasteiger partial charge in [-0.1, -0.05) is 22.0 Å². The molecule has 0 saturated heterocycles. The Bertz CT molecular complexity index is 533. The summed E-state index contributed by atoms with van der Waals surface area (Å²) in [6, 6.07) is 5.67. The summed E-state index contributed by atoms with van der Waals surface area (Å²) >= 11 is 3.40. The predicted molar refractivity (Wildman–Crippen MR) is 59.8 cm³/mol. The van der Waals surface area contributed by atoms with Crippen LogP contribution in [0.25, 0.3) is 10.9 Å². The highest BCUT2D eigenvalue weighted by molar-refractivity contribution is 9.10. The first-order valence-corrected chi connectivity index (χ1v) is 5.14. The average molecular weight is 269 g/mol. The second-order valence-corrected chi connectivity index (χ2v) is 3.95. The zero-order valence-electron chi connectivity index (χ0n) is 8.32. The van der Waals surface area contributed by atoms with Crippen LogP contribution in [0.1, 0.15) is 10.5 Å². The maximum atomic E-state index is 11.5. The van der Waals surface area contributed by atoms with Crippen molar-refractivity contribution in [2.24, 2.45) is 7.05 Å². The van der Waals surface area contributed by atoms with Crippen LogP contribution >= 0.6 is 15.9 Å². The van der Waals surface area contributed by atoms with Crippen molar-refractivity contribution in [2.75, 3.05) is 7.11 Å². The van der Waals surface area contributed by atoms with Gasteiger partial charge < -0.3 is 4.74 Å². The van der Waals surface area contributed by atoms with E-state index in [1.807, 2.05) is 18.2 Å². The van der Waals surface area contributed by atoms with Gasteiger partial charge in [-0.2, -0.15) is 5.10 Å². The van der Waals surface area contributed by atoms with Crippen molar-refractivity contribution in [3.8, 4) is 0 Å². The highest BCUT2D eigenvalue weighted by atomic mass is 79.9. The highest BCUT2D eigenvalue weighted by Gasteiger charge is 2.18. The van der Waals surface area contributed by atoms with E-state index in [2.05, 4.69) is 25.8 Å². The first-order valence-electron chi connectivity index (χ1n) is 4.34. The van der Waals surface area contributed by atoms with Crippen LogP contribution in [0.5, 0.6) is 0 Å². The fourth-order valence-electron chi connectivity index (χ4n) is 1.51. The van der Waals surface area contributed by atoms with Gasteiger partial charge in [-0.05, 0) is 12.1 Å². The van der Waals surface area contributed by atoms with Crippen molar-refractivity contribution in [1.29, 1.82) is 0 Å². The Morgan fingerprint density at radius 3 is 2.93 bits per heavy atom.